The summed E-state index contributed by atoms with van der Waals surface area (Å²) >= 11 is 0. The topological polar surface area (TPSA) is 56.0 Å². The van der Waals surface area contributed by atoms with E-state index in [1.165, 1.54) is 6.42 Å². The molecule has 1 amide bonds. The number of para-hydroxylation sites is 1. The highest BCUT2D eigenvalue weighted by Crippen LogP contribution is 2.30. The van der Waals surface area contributed by atoms with Gasteiger partial charge < -0.3 is 14.0 Å². The van der Waals surface area contributed by atoms with Crippen LogP contribution >= 0.6 is 0 Å². The molecule has 0 radical (unpaired) electrons. The zero-order valence-corrected chi connectivity index (χ0v) is 15.1. The van der Waals surface area contributed by atoms with Gasteiger partial charge in [-0.2, -0.15) is 0 Å². The van der Waals surface area contributed by atoms with Crippen LogP contribution in [0.1, 0.15) is 47.3 Å². The molecule has 1 saturated heterocycles. The summed E-state index contributed by atoms with van der Waals surface area (Å²) in [7, 11) is 1.97. The number of piperidine rings is 1. The molecule has 6 heteroatoms. The van der Waals surface area contributed by atoms with Gasteiger partial charge in [-0.05, 0) is 31.4 Å². The van der Waals surface area contributed by atoms with E-state index in [4.69, 9.17) is 0 Å². The third-order valence-corrected chi connectivity index (χ3v) is 5.96. The van der Waals surface area contributed by atoms with Gasteiger partial charge in [0.2, 0.25) is 0 Å². The second-order valence-corrected chi connectivity index (χ2v) is 7.44. The number of nitrogens with zero attached hydrogens (tertiary/aromatic N) is 5. The molecule has 0 spiro atoms. The number of carbonyl (C=O) groups excluding carboxylic acids is 1. The van der Waals surface area contributed by atoms with Gasteiger partial charge in [0.05, 0.1) is 0 Å². The fraction of sp³-hybridized carbons (Fsp3) is 0.450. The van der Waals surface area contributed by atoms with E-state index in [9.17, 15) is 4.79 Å². The summed E-state index contributed by atoms with van der Waals surface area (Å²) in [6.45, 7) is 2.62. The molecule has 2 aliphatic rings. The zero-order valence-electron chi connectivity index (χ0n) is 15.1. The monoisotopic (exact) mass is 349 g/mol. The van der Waals surface area contributed by atoms with Gasteiger partial charge in [0.15, 0.2) is 0 Å². The van der Waals surface area contributed by atoms with E-state index in [1.54, 1.807) is 0 Å². The van der Waals surface area contributed by atoms with E-state index in [0.717, 1.165) is 67.1 Å². The van der Waals surface area contributed by atoms with E-state index in [-0.39, 0.29) is 5.91 Å². The van der Waals surface area contributed by atoms with Crippen LogP contribution in [0.5, 0.6) is 0 Å². The van der Waals surface area contributed by atoms with Crippen LogP contribution in [0.15, 0.2) is 30.3 Å². The Kier molecular flexibility index (Phi) is 3.58. The predicted molar refractivity (Wildman–Crippen MR) is 99.1 cm³/mol. The summed E-state index contributed by atoms with van der Waals surface area (Å²) in [6, 6.07) is 10.2. The molecule has 1 fully saturated rings. The Labute approximate surface area is 152 Å². The van der Waals surface area contributed by atoms with Crippen LogP contribution in [0.3, 0.4) is 0 Å². The molecule has 2 aliphatic heterocycles. The number of fused-ring (bicyclic) bond motifs is 2. The first-order valence-electron chi connectivity index (χ1n) is 9.48. The highest BCUT2D eigenvalue weighted by Gasteiger charge is 2.30. The van der Waals surface area contributed by atoms with Gasteiger partial charge in [0, 0.05) is 49.9 Å². The average molecular weight is 349 g/mol. The summed E-state index contributed by atoms with van der Waals surface area (Å²) in [5.74, 6) is 2.82. The number of carbonyl (C=O) groups is 1. The van der Waals surface area contributed by atoms with E-state index in [2.05, 4.69) is 26.9 Å². The maximum Gasteiger partial charge on any atom is 0.270 e. The molecule has 0 atom stereocenters. The molecule has 1 aromatic carbocycles. The van der Waals surface area contributed by atoms with Crippen LogP contribution in [0, 0.1) is 0 Å². The highest BCUT2D eigenvalue weighted by molar-refractivity contribution is 5.98. The van der Waals surface area contributed by atoms with Crippen LogP contribution in [0.4, 0.5) is 0 Å². The van der Waals surface area contributed by atoms with Gasteiger partial charge in [-0.1, -0.05) is 18.2 Å². The fourth-order valence-electron chi connectivity index (χ4n) is 4.47. The largest absolute Gasteiger partial charge is 0.340 e. The van der Waals surface area contributed by atoms with Crippen molar-refractivity contribution < 1.29 is 4.79 Å². The molecule has 0 N–H and O–H groups in total. The minimum Gasteiger partial charge on any atom is -0.340 e. The molecular formula is C20H23N5O. The molecule has 26 heavy (non-hydrogen) atoms. The third kappa shape index (κ3) is 2.35. The van der Waals surface area contributed by atoms with Gasteiger partial charge in [-0.3, -0.25) is 4.79 Å². The van der Waals surface area contributed by atoms with Crippen LogP contribution in [-0.4, -0.2) is 43.2 Å². The van der Waals surface area contributed by atoms with Crippen LogP contribution in [-0.2, 0) is 20.0 Å². The molecule has 2 aromatic heterocycles. The summed E-state index contributed by atoms with van der Waals surface area (Å²) in [5.41, 5.74) is 1.87. The number of amides is 1. The van der Waals surface area contributed by atoms with Crippen molar-refractivity contribution in [1.29, 1.82) is 0 Å². The number of rotatable bonds is 2. The van der Waals surface area contributed by atoms with E-state index < -0.39 is 0 Å². The van der Waals surface area contributed by atoms with Gasteiger partial charge >= 0.3 is 0 Å². The molecule has 134 valence electrons. The average Bonchev–Trinajstić information content (AvgIpc) is 3.36. The Hall–Kier alpha value is -2.63. The summed E-state index contributed by atoms with van der Waals surface area (Å²) in [6.07, 6.45) is 4.16. The number of likely N-dealkylation sites (tertiary alicyclic amines) is 1. The number of aromatic nitrogens is 4. The van der Waals surface area contributed by atoms with Crippen molar-refractivity contribution >= 4 is 16.8 Å². The highest BCUT2D eigenvalue weighted by atomic mass is 16.2. The number of benzene rings is 1. The zero-order chi connectivity index (χ0) is 17.7. The van der Waals surface area contributed by atoms with Crippen LogP contribution < -0.4 is 0 Å². The molecule has 0 aliphatic carbocycles. The number of hydrogen-bond donors (Lipinski definition) is 0. The smallest absolute Gasteiger partial charge is 0.270 e. The van der Waals surface area contributed by atoms with Crippen molar-refractivity contribution in [3.8, 4) is 0 Å². The Balaban J connectivity index is 1.33. The summed E-state index contributed by atoms with van der Waals surface area (Å²) in [5, 5.41) is 9.89. The van der Waals surface area contributed by atoms with Crippen LogP contribution in [0.2, 0.25) is 0 Å². The lowest BCUT2D eigenvalue weighted by atomic mass is 9.95. The second-order valence-electron chi connectivity index (χ2n) is 7.44. The molecule has 5 rings (SSSR count). The second kappa shape index (κ2) is 5.97. The van der Waals surface area contributed by atoms with Crippen molar-refractivity contribution in [1.82, 2.24) is 24.2 Å². The third-order valence-electron chi connectivity index (χ3n) is 5.96. The molecule has 6 nitrogen and oxygen atoms in total. The van der Waals surface area contributed by atoms with Crippen molar-refractivity contribution in [2.75, 3.05) is 13.1 Å². The van der Waals surface area contributed by atoms with Crippen molar-refractivity contribution in [2.45, 2.75) is 38.1 Å². The quantitative estimate of drug-likeness (QED) is 0.715. The van der Waals surface area contributed by atoms with E-state index in [0.29, 0.717) is 5.92 Å². The van der Waals surface area contributed by atoms with Gasteiger partial charge in [0.1, 0.15) is 17.3 Å². The minimum atomic E-state index is 0.133. The Morgan fingerprint density at radius 1 is 1.12 bits per heavy atom. The lowest BCUT2D eigenvalue weighted by molar-refractivity contribution is 0.0701. The first-order chi connectivity index (χ1) is 12.7. The maximum absolute atomic E-state index is 13.0. The Morgan fingerprint density at radius 3 is 2.73 bits per heavy atom. The molecule has 0 unspecified atom stereocenters. The molecule has 0 bridgehead atoms. The van der Waals surface area contributed by atoms with Crippen LogP contribution in [0.25, 0.3) is 10.9 Å². The van der Waals surface area contributed by atoms with Gasteiger partial charge in [-0.25, -0.2) is 0 Å². The Bertz CT molecular complexity index is 977. The summed E-state index contributed by atoms with van der Waals surface area (Å²) in [4.78, 5) is 15.0. The van der Waals surface area contributed by atoms with E-state index in [1.807, 2.05) is 34.7 Å². The summed E-state index contributed by atoms with van der Waals surface area (Å²) < 4.78 is 4.31. The molecule has 3 aromatic rings. The predicted octanol–water partition coefficient (Wildman–Crippen LogP) is 2.74. The van der Waals surface area contributed by atoms with Crippen molar-refractivity contribution in [2.24, 2.45) is 7.05 Å². The first kappa shape index (κ1) is 15.6. The van der Waals surface area contributed by atoms with Gasteiger partial charge in [0.25, 0.3) is 5.91 Å². The Morgan fingerprint density at radius 2 is 1.92 bits per heavy atom. The lowest BCUT2D eigenvalue weighted by Gasteiger charge is -2.31. The van der Waals surface area contributed by atoms with Crippen molar-refractivity contribution in [3.05, 3.63) is 47.7 Å². The fourth-order valence-corrected chi connectivity index (χ4v) is 4.47. The SMILES string of the molecule is Cn1c(C(=O)N2CCC(c3nnc4n3CCC4)CC2)cc2ccccc21. The maximum atomic E-state index is 13.0. The van der Waals surface area contributed by atoms with Crippen molar-refractivity contribution in [3.63, 3.8) is 0 Å². The lowest BCUT2D eigenvalue weighted by Crippen LogP contribution is -2.39. The van der Waals surface area contributed by atoms with E-state index >= 15 is 0 Å². The number of aryl methyl sites for hydroxylation is 2. The standard InChI is InChI=1S/C20H23N5O/c1-23-16-6-3-2-5-15(16)13-17(23)20(26)24-11-8-14(9-12-24)19-22-21-18-7-4-10-25(18)19/h2-3,5-6,13-14H,4,7-12H2,1H3. The molecule has 4 heterocycles. The molecular weight excluding hydrogens is 326 g/mol. The first-order valence-corrected chi connectivity index (χ1v) is 9.48. The normalized spacial score (nSPS) is 17.8. The minimum absolute atomic E-state index is 0.133. The number of hydrogen-bond acceptors (Lipinski definition) is 3. The van der Waals surface area contributed by atoms with Gasteiger partial charge in [-0.15, -0.1) is 10.2 Å². The molecule has 0 saturated carbocycles.